The molecule has 19 heavy (non-hydrogen) atoms. The van der Waals surface area contributed by atoms with Gasteiger partial charge in [-0.2, -0.15) is 5.10 Å². The molecule has 0 aliphatic heterocycles. The summed E-state index contributed by atoms with van der Waals surface area (Å²) in [6.45, 7) is 0. The molecule has 0 aliphatic carbocycles. The molecule has 0 radical (unpaired) electrons. The number of nitrogens with two attached hydrogens (primary N) is 1. The van der Waals surface area contributed by atoms with Gasteiger partial charge in [0.05, 0.1) is 11.9 Å². The maximum absolute atomic E-state index is 11.4. The van der Waals surface area contributed by atoms with Crippen molar-refractivity contribution in [3.05, 3.63) is 35.8 Å². The summed E-state index contributed by atoms with van der Waals surface area (Å²) in [4.78, 5) is 26.4. The Labute approximate surface area is 107 Å². The number of nitrogens with one attached hydrogen (secondary N) is 1. The van der Waals surface area contributed by atoms with E-state index >= 15 is 0 Å². The summed E-state index contributed by atoms with van der Waals surface area (Å²) in [6, 6.07) is 2.74. The molecule has 8 nitrogen and oxygen atoms in total. The van der Waals surface area contributed by atoms with Gasteiger partial charge in [-0.25, -0.2) is 14.5 Å². The van der Waals surface area contributed by atoms with Crippen LogP contribution in [0.1, 0.15) is 20.8 Å². The van der Waals surface area contributed by atoms with Gasteiger partial charge in [-0.05, 0) is 12.1 Å². The summed E-state index contributed by atoms with van der Waals surface area (Å²) >= 11 is 0. The molecule has 2 heterocycles. The lowest BCUT2D eigenvalue weighted by atomic mass is 10.2. The van der Waals surface area contributed by atoms with Crippen LogP contribution in [0, 0.1) is 0 Å². The van der Waals surface area contributed by atoms with Crippen LogP contribution in [0.2, 0.25) is 0 Å². The highest BCUT2D eigenvalue weighted by Gasteiger charge is 2.16. The van der Waals surface area contributed by atoms with Crippen LogP contribution in [0.3, 0.4) is 0 Å². The fraction of sp³-hybridized carbons (Fsp3) is 0.0909. The smallest absolute Gasteiger partial charge is 0.339 e. The number of rotatable bonds is 3. The lowest BCUT2D eigenvalue weighted by molar-refractivity contribution is 0.0696. The molecule has 0 aromatic carbocycles. The molecule has 0 atom stereocenters. The molecule has 2 rings (SSSR count). The average molecular weight is 261 g/mol. The van der Waals surface area contributed by atoms with Crippen LogP contribution in [-0.4, -0.2) is 38.8 Å². The van der Waals surface area contributed by atoms with E-state index in [2.05, 4.69) is 15.4 Å². The second-order valence-corrected chi connectivity index (χ2v) is 3.67. The van der Waals surface area contributed by atoms with Crippen molar-refractivity contribution >= 4 is 17.6 Å². The maximum Gasteiger partial charge on any atom is 0.339 e. The fourth-order valence-electron chi connectivity index (χ4n) is 1.50. The Morgan fingerprint density at radius 2 is 2.21 bits per heavy atom. The summed E-state index contributed by atoms with van der Waals surface area (Å²) in [5.41, 5.74) is 5.81. The van der Waals surface area contributed by atoms with E-state index in [-0.39, 0.29) is 28.7 Å². The van der Waals surface area contributed by atoms with Crippen molar-refractivity contribution in [2.75, 3.05) is 12.8 Å². The van der Waals surface area contributed by atoms with Gasteiger partial charge < -0.3 is 16.2 Å². The van der Waals surface area contributed by atoms with Gasteiger partial charge in [0, 0.05) is 13.2 Å². The molecule has 2 aromatic rings. The number of anilines is 1. The van der Waals surface area contributed by atoms with Gasteiger partial charge in [0.15, 0.2) is 11.5 Å². The monoisotopic (exact) mass is 261 g/mol. The zero-order valence-corrected chi connectivity index (χ0v) is 9.99. The van der Waals surface area contributed by atoms with Crippen LogP contribution in [0.25, 0.3) is 5.82 Å². The Balaban J connectivity index is 2.50. The maximum atomic E-state index is 11.4. The van der Waals surface area contributed by atoms with Gasteiger partial charge in [0.1, 0.15) is 5.56 Å². The number of aromatic nitrogens is 3. The number of nitrogens with zero attached hydrogens (tertiary/aromatic N) is 3. The van der Waals surface area contributed by atoms with Gasteiger partial charge in [0.25, 0.3) is 5.91 Å². The van der Waals surface area contributed by atoms with Crippen molar-refractivity contribution in [2.24, 2.45) is 0 Å². The number of pyridine rings is 1. The molecule has 0 aliphatic rings. The average Bonchev–Trinajstić information content (AvgIpc) is 2.87. The SMILES string of the molecule is CNC(=O)c1ccn(-c2ncc(N)cc2C(=O)O)n1. The zero-order valence-electron chi connectivity index (χ0n) is 9.99. The molecule has 1 amide bonds. The first-order chi connectivity index (χ1) is 9.02. The van der Waals surface area contributed by atoms with Crippen LogP contribution in [-0.2, 0) is 0 Å². The molecule has 0 unspecified atom stereocenters. The highest BCUT2D eigenvalue weighted by molar-refractivity contribution is 5.93. The molecule has 0 saturated heterocycles. The Hall–Kier alpha value is -2.90. The number of amides is 1. The summed E-state index contributed by atoms with van der Waals surface area (Å²) in [7, 11) is 1.48. The molecule has 0 saturated carbocycles. The summed E-state index contributed by atoms with van der Waals surface area (Å²) in [5.74, 6) is -1.45. The third-order valence-corrected chi connectivity index (χ3v) is 2.38. The summed E-state index contributed by atoms with van der Waals surface area (Å²) in [5, 5.41) is 15.5. The summed E-state index contributed by atoms with van der Waals surface area (Å²) in [6.07, 6.45) is 2.78. The van der Waals surface area contributed by atoms with Gasteiger partial charge in [-0.1, -0.05) is 0 Å². The molecular formula is C11H11N5O3. The Bertz CT molecular complexity index is 650. The van der Waals surface area contributed by atoms with Crippen molar-refractivity contribution in [3.8, 4) is 5.82 Å². The number of carboxylic acid groups (broad SMARTS) is 1. The van der Waals surface area contributed by atoms with Crippen molar-refractivity contribution in [3.63, 3.8) is 0 Å². The zero-order chi connectivity index (χ0) is 14.0. The second-order valence-electron chi connectivity index (χ2n) is 3.67. The molecule has 8 heteroatoms. The van der Waals surface area contributed by atoms with Crippen LogP contribution in [0.4, 0.5) is 5.69 Å². The fourth-order valence-corrected chi connectivity index (χ4v) is 1.50. The molecule has 0 bridgehead atoms. The van der Waals surface area contributed by atoms with E-state index in [1.54, 1.807) is 0 Å². The minimum absolute atomic E-state index is 0.0912. The molecule has 2 aromatic heterocycles. The van der Waals surface area contributed by atoms with E-state index in [1.165, 1.54) is 36.3 Å². The molecule has 0 fully saturated rings. The predicted molar refractivity (Wildman–Crippen MR) is 66.1 cm³/mol. The van der Waals surface area contributed by atoms with Crippen LogP contribution >= 0.6 is 0 Å². The first-order valence-electron chi connectivity index (χ1n) is 5.30. The molecular weight excluding hydrogens is 250 g/mol. The number of nitrogen functional groups attached to an aromatic ring is 1. The molecule has 4 N–H and O–H groups in total. The van der Waals surface area contributed by atoms with E-state index in [0.717, 1.165) is 0 Å². The number of hydrogen-bond acceptors (Lipinski definition) is 5. The van der Waals surface area contributed by atoms with E-state index in [9.17, 15) is 9.59 Å². The molecule has 98 valence electrons. The van der Waals surface area contributed by atoms with Gasteiger partial charge >= 0.3 is 5.97 Å². The highest BCUT2D eigenvalue weighted by Crippen LogP contribution is 2.14. The van der Waals surface area contributed by atoms with Gasteiger partial charge in [-0.15, -0.1) is 0 Å². The highest BCUT2D eigenvalue weighted by atomic mass is 16.4. The minimum atomic E-state index is -1.17. The Morgan fingerprint density at radius 1 is 1.47 bits per heavy atom. The quantitative estimate of drug-likeness (QED) is 0.709. The van der Waals surface area contributed by atoms with E-state index in [4.69, 9.17) is 10.8 Å². The second kappa shape index (κ2) is 4.77. The van der Waals surface area contributed by atoms with Crippen molar-refractivity contribution in [1.82, 2.24) is 20.1 Å². The lowest BCUT2D eigenvalue weighted by Crippen LogP contribution is -2.19. The lowest BCUT2D eigenvalue weighted by Gasteiger charge is -2.05. The van der Waals surface area contributed by atoms with Crippen molar-refractivity contribution < 1.29 is 14.7 Å². The van der Waals surface area contributed by atoms with Crippen molar-refractivity contribution in [1.29, 1.82) is 0 Å². The number of carboxylic acids is 1. The number of carbonyl (C=O) groups excluding carboxylic acids is 1. The van der Waals surface area contributed by atoms with E-state index in [0.29, 0.717) is 0 Å². The van der Waals surface area contributed by atoms with Crippen LogP contribution < -0.4 is 11.1 Å². The van der Waals surface area contributed by atoms with Gasteiger partial charge in [-0.3, -0.25) is 4.79 Å². The Kier molecular flexibility index (Phi) is 3.15. The van der Waals surface area contributed by atoms with Crippen molar-refractivity contribution in [2.45, 2.75) is 0 Å². The largest absolute Gasteiger partial charge is 0.478 e. The third kappa shape index (κ3) is 2.37. The molecule has 0 spiro atoms. The van der Waals surface area contributed by atoms with E-state index < -0.39 is 5.97 Å². The standard InChI is InChI=1S/C11H11N5O3/c1-13-10(17)8-2-3-16(15-8)9-7(11(18)19)4-6(12)5-14-9/h2-5H,12H2,1H3,(H,13,17)(H,18,19). The first-order valence-corrected chi connectivity index (χ1v) is 5.30. The normalized spacial score (nSPS) is 10.2. The third-order valence-electron chi connectivity index (χ3n) is 2.38. The van der Waals surface area contributed by atoms with Crippen LogP contribution in [0.5, 0.6) is 0 Å². The van der Waals surface area contributed by atoms with Crippen LogP contribution in [0.15, 0.2) is 24.5 Å². The van der Waals surface area contributed by atoms with E-state index in [1.807, 2.05) is 0 Å². The minimum Gasteiger partial charge on any atom is -0.478 e. The predicted octanol–water partition coefficient (Wildman–Crippen LogP) is -0.0927. The number of aromatic carboxylic acids is 1. The Morgan fingerprint density at radius 3 is 2.84 bits per heavy atom. The van der Waals surface area contributed by atoms with Gasteiger partial charge in [0.2, 0.25) is 0 Å². The summed E-state index contributed by atoms with van der Waals surface area (Å²) < 4.78 is 1.22. The number of hydrogen-bond donors (Lipinski definition) is 3. The number of carbonyl (C=O) groups is 2. The first kappa shape index (κ1) is 12.6. The topological polar surface area (TPSA) is 123 Å².